The second kappa shape index (κ2) is 7.50. The topological polar surface area (TPSA) is 12.0 Å². The summed E-state index contributed by atoms with van der Waals surface area (Å²) in [5.74, 6) is -0.709. The highest BCUT2D eigenvalue weighted by Crippen LogP contribution is 2.16. The van der Waals surface area contributed by atoms with Crippen LogP contribution in [0.2, 0.25) is 0 Å². The molecule has 1 nitrogen and oxygen atoms in total. The van der Waals surface area contributed by atoms with Crippen LogP contribution in [0, 0.1) is 11.6 Å². The van der Waals surface area contributed by atoms with Gasteiger partial charge in [0.15, 0.2) is 0 Å². The van der Waals surface area contributed by atoms with Crippen LogP contribution in [0.25, 0.3) is 0 Å². The van der Waals surface area contributed by atoms with Crippen molar-refractivity contribution in [1.29, 1.82) is 0 Å². The fourth-order valence-electron chi connectivity index (χ4n) is 2.29. The Morgan fingerprint density at radius 2 is 2.10 bits per heavy atom. The van der Waals surface area contributed by atoms with E-state index in [9.17, 15) is 8.78 Å². The molecule has 2 rings (SSSR count). The molecule has 20 heavy (non-hydrogen) atoms. The van der Waals surface area contributed by atoms with Gasteiger partial charge in [0, 0.05) is 10.9 Å². The average molecular weight is 295 g/mol. The lowest BCUT2D eigenvalue weighted by Crippen LogP contribution is -2.28. The Hall–Kier alpha value is -1.26. The first-order valence-corrected chi connectivity index (χ1v) is 7.70. The van der Waals surface area contributed by atoms with Crippen LogP contribution in [-0.4, -0.2) is 13.1 Å². The van der Waals surface area contributed by atoms with Crippen molar-refractivity contribution in [3.8, 4) is 0 Å². The normalized spacial score (nSPS) is 12.6. The summed E-state index contributed by atoms with van der Waals surface area (Å²) < 4.78 is 26.8. The standard InChI is InChI=1S/C16H19F2NS/c1-19-14(4-2-5-15-6-3-9-20-15)11-12-10-13(17)7-8-16(12)18/h3,6-10,14,19H,2,4-5,11H2,1H3. The molecule has 1 aromatic carbocycles. The highest BCUT2D eigenvalue weighted by atomic mass is 32.1. The average Bonchev–Trinajstić information content (AvgIpc) is 2.94. The van der Waals surface area contributed by atoms with Crippen LogP contribution in [0.15, 0.2) is 35.7 Å². The molecule has 1 heterocycles. The van der Waals surface area contributed by atoms with Crippen LogP contribution in [0.4, 0.5) is 8.78 Å². The number of rotatable bonds is 7. The summed E-state index contributed by atoms with van der Waals surface area (Å²) in [5.41, 5.74) is 0.445. The van der Waals surface area contributed by atoms with Crippen molar-refractivity contribution >= 4 is 11.3 Å². The third-order valence-corrected chi connectivity index (χ3v) is 4.37. The molecule has 108 valence electrons. The van der Waals surface area contributed by atoms with E-state index in [1.807, 2.05) is 7.05 Å². The molecule has 1 aromatic heterocycles. The summed E-state index contributed by atoms with van der Waals surface area (Å²) in [4.78, 5) is 1.37. The van der Waals surface area contributed by atoms with E-state index in [-0.39, 0.29) is 17.7 Å². The van der Waals surface area contributed by atoms with Crippen molar-refractivity contribution in [1.82, 2.24) is 5.32 Å². The lowest BCUT2D eigenvalue weighted by molar-refractivity contribution is 0.487. The van der Waals surface area contributed by atoms with Gasteiger partial charge in [-0.15, -0.1) is 11.3 Å². The van der Waals surface area contributed by atoms with Crippen LogP contribution in [0.1, 0.15) is 23.3 Å². The van der Waals surface area contributed by atoms with E-state index in [4.69, 9.17) is 0 Å². The summed E-state index contributed by atoms with van der Waals surface area (Å²) in [7, 11) is 1.87. The quantitative estimate of drug-likeness (QED) is 0.808. The molecule has 0 aliphatic heterocycles. The minimum atomic E-state index is -0.380. The summed E-state index contributed by atoms with van der Waals surface area (Å²) >= 11 is 1.76. The van der Waals surface area contributed by atoms with Gasteiger partial charge in [0.1, 0.15) is 11.6 Å². The van der Waals surface area contributed by atoms with Crippen LogP contribution < -0.4 is 5.32 Å². The largest absolute Gasteiger partial charge is 0.317 e. The molecule has 4 heteroatoms. The molecule has 0 aliphatic rings. The zero-order valence-electron chi connectivity index (χ0n) is 11.5. The number of benzene rings is 1. The molecule has 0 bridgehead atoms. The Labute approximate surface area is 122 Å². The van der Waals surface area contributed by atoms with E-state index in [0.29, 0.717) is 12.0 Å². The lowest BCUT2D eigenvalue weighted by atomic mass is 10.0. The van der Waals surface area contributed by atoms with Gasteiger partial charge in [-0.3, -0.25) is 0 Å². The van der Waals surface area contributed by atoms with Crippen LogP contribution in [0.5, 0.6) is 0 Å². The number of nitrogens with one attached hydrogen (secondary N) is 1. The van der Waals surface area contributed by atoms with Gasteiger partial charge in [-0.1, -0.05) is 6.07 Å². The van der Waals surface area contributed by atoms with Gasteiger partial charge in [0.05, 0.1) is 0 Å². The molecule has 0 fully saturated rings. The summed E-state index contributed by atoms with van der Waals surface area (Å²) in [5, 5.41) is 5.27. The highest BCUT2D eigenvalue weighted by molar-refractivity contribution is 7.09. The summed E-state index contributed by atoms with van der Waals surface area (Å²) in [6.07, 6.45) is 3.55. The Kier molecular flexibility index (Phi) is 5.68. The number of likely N-dealkylation sites (N-methyl/N-ethyl adjacent to an activating group) is 1. The van der Waals surface area contributed by atoms with Crippen molar-refractivity contribution in [3.05, 3.63) is 57.8 Å². The first kappa shape index (κ1) is 15.1. The van der Waals surface area contributed by atoms with E-state index < -0.39 is 0 Å². The van der Waals surface area contributed by atoms with Crippen molar-refractivity contribution in [2.24, 2.45) is 0 Å². The lowest BCUT2D eigenvalue weighted by Gasteiger charge is -2.16. The summed E-state index contributed by atoms with van der Waals surface area (Å²) in [6.45, 7) is 0. The molecule has 0 spiro atoms. The van der Waals surface area contributed by atoms with E-state index in [1.54, 1.807) is 11.3 Å². The van der Waals surface area contributed by atoms with E-state index in [2.05, 4.69) is 22.8 Å². The van der Waals surface area contributed by atoms with Gasteiger partial charge in [-0.25, -0.2) is 8.78 Å². The second-order valence-electron chi connectivity index (χ2n) is 4.90. The van der Waals surface area contributed by atoms with Crippen molar-refractivity contribution in [3.63, 3.8) is 0 Å². The Balaban J connectivity index is 1.86. The highest BCUT2D eigenvalue weighted by Gasteiger charge is 2.11. The third-order valence-electron chi connectivity index (χ3n) is 3.44. The minimum Gasteiger partial charge on any atom is -0.317 e. The maximum Gasteiger partial charge on any atom is 0.126 e. The molecule has 1 unspecified atom stereocenters. The van der Waals surface area contributed by atoms with Crippen LogP contribution in [-0.2, 0) is 12.8 Å². The number of hydrogen-bond acceptors (Lipinski definition) is 2. The number of thiophene rings is 1. The monoisotopic (exact) mass is 295 g/mol. The fraction of sp³-hybridized carbons (Fsp3) is 0.375. The second-order valence-corrected chi connectivity index (χ2v) is 5.93. The maximum absolute atomic E-state index is 13.6. The fourth-order valence-corrected chi connectivity index (χ4v) is 3.04. The molecular weight excluding hydrogens is 276 g/mol. The van der Waals surface area contributed by atoms with E-state index in [1.165, 1.54) is 17.0 Å². The molecule has 1 atom stereocenters. The number of halogens is 2. The van der Waals surface area contributed by atoms with Crippen LogP contribution >= 0.6 is 11.3 Å². The van der Waals surface area contributed by atoms with Gasteiger partial charge in [0.25, 0.3) is 0 Å². The van der Waals surface area contributed by atoms with Crippen LogP contribution in [0.3, 0.4) is 0 Å². The summed E-state index contributed by atoms with van der Waals surface area (Å²) in [6, 6.07) is 8.00. The van der Waals surface area contributed by atoms with E-state index in [0.717, 1.165) is 25.3 Å². The maximum atomic E-state index is 13.6. The molecule has 0 aliphatic carbocycles. The molecule has 0 saturated carbocycles. The zero-order chi connectivity index (χ0) is 14.4. The van der Waals surface area contributed by atoms with Gasteiger partial charge >= 0.3 is 0 Å². The predicted octanol–water partition coefficient (Wildman–Crippen LogP) is 4.18. The van der Waals surface area contributed by atoms with Gasteiger partial charge in [0.2, 0.25) is 0 Å². The Morgan fingerprint density at radius 3 is 2.80 bits per heavy atom. The molecule has 0 amide bonds. The first-order valence-electron chi connectivity index (χ1n) is 6.82. The van der Waals surface area contributed by atoms with E-state index >= 15 is 0 Å². The molecular formula is C16H19F2NS. The van der Waals surface area contributed by atoms with Gasteiger partial charge in [-0.2, -0.15) is 0 Å². The predicted molar refractivity (Wildman–Crippen MR) is 80.2 cm³/mol. The van der Waals surface area contributed by atoms with Crippen molar-refractivity contribution < 1.29 is 8.78 Å². The minimum absolute atomic E-state index is 0.172. The molecule has 0 saturated heterocycles. The molecule has 0 radical (unpaired) electrons. The number of hydrogen-bond donors (Lipinski definition) is 1. The molecule has 2 aromatic rings. The molecule has 1 N–H and O–H groups in total. The SMILES string of the molecule is CNC(CCCc1cccs1)Cc1cc(F)ccc1F. The number of aryl methyl sites for hydroxylation is 1. The van der Waals surface area contributed by atoms with Crippen molar-refractivity contribution in [2.45, 2.75) is 31.7 Å². The van der Waals surface area contributed by atoms with Gasteiger partial charge < -0.3 is 5.32 Å². The smallest absolute Gasteiger partial charge is 0.126 e. The zero-order valence-corrected chi connectivity index (χ0v) is 12.4. The van der Waals surface area contributed by atoms with Gasteiger partial charge in [-0.05, 0) is 67.9 Å². The van der Waals surface area contributed by atoms with Crippen molar-refractivity contribution in [2.75, 3.05) is 7.05 Å². The Morgan fingerprint density at radius 1 is 1.25 bits per heavy atom. The Bertz CT molecular complexity index is 525. The first-order chi connectivity index (χ1) is 9.69. The third kappa shape index (κ3) is 4.39.